The molecule has 0 spiro atoms. The van der Waals surface area contributed by atoms with E-state index in [-0.39, 0.29) is 18.5 Å². The summed E-state index contributed by atoms with van der Waals surface area (Å²) in [6, 6.07) is 7.45. The van der Waals surface area contributed by atoms with Crippen molar-refractivity contribution in [2.75, 3.05) is 17.1 Å². The number of para-hydroxylation sites is 1. The maximum absolute atomic E-state index is 12.4. The van der Waals surface area contributed by atoms with Crippen molar-refractivity contribution in [2.24, 2.45) is 11.8 Å². The number of carbonyl (C=O) groups excluding carboxylic acids is 1. The molecule has 1 amide bonds. The lowest BCUT2D eigenvalue weighted by Crippen LogP contribution is -2.45. The van der Waals surface area contributed by atoms with Gasteiger partial charge < -0.3 is 5.32 Å². The van der Waals surface area contributed by atoms with Crippen molar-refractivity contribution in [2.45, 2.75) is 38.6 Å². The molecular formula is C17H24N2O3S. The van der Waals surface area contributed by atoms with E-state index >= 15 is 0 Å². The Labute approximate surface area is 138 Å². The van der Waals surface area contributed by atoms with E-state index in [4.69, 9.17) is 0 Å². The number of anilines is 1. The van der Waals surface area contributed by atoms with Crippen LogP contribution in [0.25, 0.3) is 0 Å². The minimum Gasteiger partial charge on any atom is -0.352 e. The summed E-state index contributed by atoms with van der Waals surface area (Å²) in [6.07, 6.45) is 5.85. The van der Waals surface area contributed by atoms with Crippen LogP contribution in [-0.2, 0) is 14.8 Å². The van der Waals surface area contributed by atoms with E-state index in [0.29, 0.717) is 11.6 Å². The molecule has 0 saturated heterocycles. The zero-order valence-electron chi connectivity index (χ0n) is 13.7. The number of sulfonamides is 1. The van der Waals surface area contributed by atoms with Gasteiger partial charge in [-0.15, -0.1) is 0 Å². The van der Waals surface area contributed by atoms with E-state index in [1.165, 1.54) is 23.6 Å². The molecule has 1 aromatic rings. The molecule has 3 atom stereocenters. The van der Waals surface area contributed by atoms with E-state index in [0.717, 1.165) is 24.2 Å². The van der Waals surface area contributed by atoms with Crippen LogP contribution in [0.5, 0.6) is 0 Å². The molecule has 0 aliphatic heterocycles. The monoisotopic (exact) mass is 336 g/mol. The van der Waals surface area contributed by atoms with Gasteiger partial charge in [0, 0.05) is 6.04 Å². The molecule has 0 heterocycles. The van der Waals surface area contributed by atoms with Crippen LogP contribution >= 0.6 is 0 Å². The molecule has 2 saturated carbocycles. The van der Waals surface area contributed by atoms with E-state index in [9.17, 15) is 13.2 Å². The highest BCUT2D eigenvalue weighted by Crippen LogP contribution is 2.44. The Morgan fingerprint density at radius 1 is 1.26 bits per heavy atom. The predicted octanol–water partition coefficient (Wildman–Crippen LogP) is 2.07. The molecule has 23 heavy (non-hydrogen) atoms. The number of amides is 1. The first-order chi connectivity index (χ1) is 10.8. The van der Waals surface area contributed by atoms with Crippen LogP contribution in [0.4, 0.5) is 5.69 Å². The van der Waals surface area contributed by atoms with Crippen LogP contribution in [0, 0.1) is 18.8 Å². The van der Waals surface area contributed by atoms with E-state index in [1.54, 1.807) is 12.1 Å². The molecule has 0 aromatic heterocycles. The number of hydrogen-bond acceptors (Lipinski definition) is 3. The summed E-state index contributed by atoms with van der Waals surface area (Å²) in [6.45, 7) is 1.69. The largest absolute Gasteiger partial charge is 0.352 e. The highest BCUT2D eigenvalue weighted by Gasteiger charge is 2.40. The normalized spacial score (nSPS) is 26.3. The van der Waals surface area contributed by atoms with Gasteiger partial charge in [0.2, 0.25) is 15.9 Å². The summed E-state index contributed by atoms with van der Waals surface area (Å²) >= 11 is 0. The molecule has 3 rings (SSSR count). The van der Waals surface area contributed by atoms with Crippen molar-refractivity contribution in [3.63, 3.8) is 0 Å². The summed E-state index contributed by atoms with van der Waals surface area (Å²) in [5, 5.41) is 3.06. The Morgan fingerprint density at radius 3 is 2.57 bits per heavy atom. The third kappa shape index (κ3) is 3.52. The van der Waals surface area contributed by atoms with Gasteiger partial charge in [-0.3, -0.25) is 9.10 Å². The van der Waals surface area contributed by atoms with Gasteiger partial charge in [-0.2, -0.15) is 0 Å². The first kappa shape index (κ1) is 16.3. The van der Waals surface area contributed by atoms with E-state index in [2.05, 4.69) is 5.32 Å². The molecule has 2 fully saturated rings. The van der Waals surface area contributed by atoms with Gasteiger partial charge in [0.05, 0.1) is 11.9 Å². The second-order valence-electron chi connectivity index (χ2n) is 6.90. The van der Waals surface area contributed by atoms with Crippen molar-refractivity contribution in [1.29, 1.82) is 0 Å². The van der Waals surface area contributed by atoms with Crippen molar-refractivity contribution in [3.05, 3.63) is 29.8 Å². The summed E-state index contributed by atoms with van der Waals surface area (Å²) in [7, 11) is -3.51. The molecule has 0 unspecified atom stereocenters. The van der Waals surface area contributed by atoms with E-state index in [1.807, 2.05) is 19.1 Å². The van der Waals surface area contributed by atoms with Crippen molar-refractivity contribution in [1.82, 2.24) is 5.32 Å². The molecule has 6 heteroatoms. The number of rotatable bonds is 5. The molecule has 126 valence electrons. The molecule has 1 N–H and O–H groups in total. The molecule has 5 nitrogen and oxygen atoms in total. The Morgan fingerprint density at radius 2 is 2.00 bits per heavy atom. The van der Waals surface area contributed by atoms with Crippen LogP contribution < -0.4 is 9.62 Å². The van der Waals surface area contributed by atoms with Gasteiger partial charge in [-0.05, 0) is 49.7 Å². The van der Waals surface area contributed by atoms with Crippen LogP contribution in [0.2, 0.25) is 0 Å². The number of carbonyl (C=O) groups is 1. The molecule has 1 aromatic carbocycles. The number of benzene rings is 1. The summed E-state index contributed by atoms with van der Waals surface area (Å²) in [4.78, 5) is 12.4. The topological polar surface area (TPSA) is 66.5 Å². The standard InChI is InChI=1S/C17H24N2O3S/c1-12-5-3-4-6-16(12)19(23(2,21)22)11-17(20)18-15-10-13-7-8-14(15)9-13/h3-6,13-15H,7-11H2,1-2H3,(H,18,20)/t13-,14+,15+/m1/s1. The number of nitrogens with zero attached hydrogens (tertiary/aromatic N) is 1. The van der Waals surface area contributed by atoms with Crippen LogP contribution in [-0.4, -0.2) is 33.2 Å². The van der Waals surface area contributed by atoms with Crippen molar-refractivity contribution < 1.29 is 13.2 Å². The number of nitrogens with one attached hydrogen (secondary N) is 1. The van der Waals surface area contributed by atoms with Gasteiger partial charge in [-0.1, -0.05) is 24.6 Å². The first-order valence-corrected chi connectivity index (χ1v) is 10.0. The van der Waals surface area contributed by atoms with Gasteiger partial charge in [0.1, 0.15) is 6.54 Å². The summed E-state index contributed by atoms with van der Waals surface area (Å²) < 4.78 is 25.5. The Hall–Kier alpha value is -1.56. The zero-order chi connectivity index (χ0) is 16.6. The van der Waals surface area contributed by atoms with Crippen LogP contribution in [0.15, 0.2) is 24.3 Å². The van der Waals surface area contributed by atoms with Crippen LogP contribution in [0.1, 0.15) is 31.2 Å². The molecule has 2 aliphatic rings. The zero-order valence-corrected chi connectivity index (χ0v) is 14.5. The maximum atomic E-state index is 12.4. The molecule has 0 radical (unpaired) electrons. The minimum absolute atomic E-state index is 0.155. The lowest BCUT2D eigenvalue weighted by atomic mass is 9.95. The summed E-state index contributed by atoms with van der Waals surface area (Å²) in [5.41, 5.74) is 1.41. The Kier molecular flexibility index (Phi) is 4.36. The van der Waals surface area contributed by atoms with Crippen molar-refractivity contribution >= 4 is 21.6 Å². The molecule has 2 bridgehead atoms. The first-order valence-electron chi connectivity index (χ1n) is 8.17. The third-order valence-electron chi connectivity index (χ3n) is 5.16. The fraction of sp³-hybridized carbons (Fsp3) is 0.588. The predicted molar refractivity (Wildman–Crippen MR) is 90.7 cm³/mol. The Bertz CT molecular complexity index is 702. The minimum atomic E-state index is -3.51. The second-order valence-corrected chi connectivity index (χ2v) is 8.81. The average molecular weight is 336 g/mol. The average Bonchev–Trinajstić information content (AvgIpc) is 3.07. The second kappa shape index (κ2) is 6.15. The highest BCUT2D eigenvalue weighted by molar-refractivity contribution is 7.92. The SMILES string of the molecule is Cc1ccccc1N(CC(=O)N[C@H]1C[C@@H]2CC[C@H]1C2)S(C)(=O)=O. The maximum Gasteiger partial charge on any atom is 0.241 e. The third-order valence-corrected chi connectivity index (χ3v) is 6.28. The fourth-order valence-corrected chi connectivity index (χ4v) is 4.94. The number of hydrogen-bond donors (Lipinski definition) is 1. The van der Waals surface area contributed by atoms with Gasteiger partial charge in [0.15, 0.2) is 0 Å². The summed E-state index contributed by atoms with van der Waals surface area (Å²) in [5.74, 6) is 1.11. The van der Waals surface area contributed by atoms with E-state index < -0.39 is 10.0 Å². The number of aryl methyl sites for hydroxylation is 1. The lowest BCUT2D eigenvalue weighted by molar-refractivity contribution is -0.120. The lowest BCUT2D eigenvalue weighted by Gasteiger charge is -2.27. The quantitative estimate of drug-likeness (QED) is 0.895. The van der Waals surface area contributed by atoms with Gasteiger partial charge in [-0.25, -0.2) is 8.42 Å². The van der Waals surface area contributed by atoms with Crippen molar-refractivity contribution in [3.8, 4) is 0 Å². The fourth-order valence-electron chi connectivity index (χ4n) is 4.03. The van der Waals surface area contributed by atoms with Gasteiger partial charge in [0.25, 0.3) is 0 Å². The number of fused-ring (bicyclic) bond motifs is 2. The smallest absolute Gasteiger partial charge is 0.241 e. The van der Waals surface area contributed by atoms with Gasteiger partial charge >= 0.3 is 0 Å². The Balaban J connectivity index is 1.72. The highest BCUT2D eigenvalue weighted by atomic mass is 32.2. The molecule has 2 aliphatic carbocycles. The molecular weight excluding hydrogens is 312 g/mol. The van der Waals surface area contributed by atoms with Crippen LogP contribution in [0.3, 0.4) is 0 Å².